The summed E-state index contributed by atoms with van der Waals surface area (Å²) < 4.78 is 0. The van der Waals surface area contributed by atoms with Crippen molar-refractivity contribution in [3.05, 3.63) is 23.4 Å². The van der Waals surface area contributed by atoms with Crippen molar-refractivity contribution in [1.29, 1.82) is 0 Å². The molecule has 2 rings (SSSR count). The van der Waals surface area contributed by atoms with Crippen molar-refractivity contribution in [1.82, 2.24) is 4.98 Å². The van der Waals surface area contributed by atoms with Crippen molar-refractivity contribution in [2.45, 2.75) is 45.1 Å². The van der Waals surface area contributed by atoms with Crippen LogP contribution in [0.5, 0.6) is 0 Å². The van der Waals surface area contributed by atoms with Crippen molar-refractivity contribution in [2.24, 2.45) is 0 Å². The van der Waals surface area contributed by atoms with E-state index in [1.807, 2.05) is 6.92 Å². The number of rotatable bonds is 3. The molecule has 1 aliphatic rings. The summed E-state index contributed by atoms with van der Waals surface area (Å²) in [4.78, 5) is 15.4. The van der Waals surface area contributed by atoms with E-state index in [0.29, 0.717) is 5.82 Å². The third-order valence-corrected chi connectivity index (χ3v) is 3.39. The summed E-state index contributed by atoms with van der Waals surface area (Å²) in [6, 6.07) is 3.34. The Morgan fingerprint density at radius 3 is 2.65 bits per heavy atom. The molecule has 1 heterocycles. The maximum absolute atomic E-state index is 11.1. The quantitative estimate of drug-likeness (QED) is 0.844. The lowest BCUT2D eigenvalue weighted by Crippen LogP contribution is -2.32. The van der Waals surface area contributed by atoms with Crippen LogP contribution in [0.15, 0.2) is 12.1 Å². The first kappa shape index (κ1) is 11.9. The smallest absolute Gasteiger partial charge is 0.339 e. The number of hydrogen-bond acceptors (Lipinski definition) is 3. The topological polar surface area (TPSA) is 62.2 Å². The first-order chi connectivity index (χ1) is 8.00. The molecule has 0 aliphatic heterocycles. The third kappa shape index (κ3) is 2.57. The van der Waals surface area contributed by atoms with Gasteiger partial charge in [-0.25, -0.2) is 9.78 Å². The summed E-state index contributed by atoms with van der Waals surface area (Å²) in [6.07, 6.45) is 4.53. The number of carboxylic acid groups (broad SMARTS) is 1. The molecule has 17 heavy (non-hydrogen) atoms. The van der Waals surface area contributed by atoms with Crippen LogP contribution in [0.4, 0.5) is 5.82 Å². The lowest BCUT2D eigenvalue weighted by molar-refractivity contribution is 0.0697. The van der Waals surface area contributed by atoms with Gasteiger partial charge in [-0.3, -0.25) is 0 Å². The second kappa shape index (κ2) is 4.35. The van der Waals surface area contributed by atoms with Gasteiger partial charge in [0.2, 0.25) is 0 Å². The minimum absolute atomic E-state index is 0.00894. The summed E-state index contributed by atoms with van der Waals surface area (Å²) in [5.41, 5.74) is 1.08. The van der Waals surface area contributed by atoms with Gasteiger partial charge in [0.15, 0.2) is 0 Å². The fourth-order valence-corrected chi connectivity index (χ4v) is 2.39. The Morgan fingerprint density at radius 1 is 1.41 bits per heavy atom. The molecule has 4 heteroatoms. The fourth-order valence-electron chi connectivity index (χ4n) is 2.39. The van der Waals surface area contributed by atoms with Crippen LogP contribution in [0.1, 0.15) is 48.7 Å². The van der Waals surface area contributed by atoms with Crippen LogP contribution in [-0.4, -0.2) is 21.6 Å². The van der Waals surface area contributed by atoms with Crippen molar-refractivity contribution >= 4 is 11.8 Å². The molecule has 1 aromatic rings. The molecule has 1 fully saturated rings. The zero-order valence-corrected chi connectivity index (χ0v) is 10.3. The summed E-state index contributed by atoms with van der Waals surface area (Å²) in [5.74, 6) is -0.427. The molecule has 1 saturated carbocycles. The molecule has 1 aromatic heterocycles. The van der Waals surface area contributed by atoms with E-state index >= 15 is 0 Å². The maximum Gasteiger partial charge on any atom is 0.339 e. The minimum Gasteiger partial charge on any atom is -0.478 e. The van der Waals surface area contributed by atoms with Gasteiger partial charge in [-0.1, -0.05) is 12.8 Å². The lowest BCUT2D eigenvalue weighted by atomic mass is 10.0. The van der Waals surface area contributed by atoms with Crippen molar-refractivity contribution in [3.63, 3.8) is 0 Å². The van der Waals surface area contributed by atoms with Crippen LogP contribution in [0, 0.1) is 6.92 Å². The van der Waals surface area contributed by atoms with E-state index in [4.69, 9.17) is 5.11 Å². The Balaban J connectivity index is 2.30. The van der Waals surface area contributed by atoms with Crippen LogP contribution in [0.25, 0.3) is 0 Å². The normalized spacial score (nSPS) is 18.0. The highest BCUT2D eigenvalue weighted by Crippen LogP contribution is 2.33. The Bertz CT molecular complexity index is 437. The number of pyridine rings is 1. The largest absolute Gasteiger partial charge is 0.478 e. The second-order valence-electron chi connectivity index (χ2n) is 5.05. The highest BCUT2D eigenvalue weighted by atomic mass is 16.4. The summed E-state index contributed by atoms with van der Waals surface area (Å²) in [5, 5.41) is 12.5. The van der Waals surface area contributed by atoms with Crippen LogP contribution in [0.3, 0.4) is 0 Å². The predicted octanol–water partition coefficient (Wildman–Crippen LogP) is 2.83. The van der Waals surface area contributed by atoms with Gasteiger partial charge in [0.05, 0.1) is 0 Å². The van der Waals surface area contributed by atoms with Gasteiger partial charge < -0.3 is 10.4 Å². The molecule has 0 unspecified atom stereocenters. The van der Waals surface area contributed by atoms with Gasteiger partial charge in [0.25, 0.3) is 0 Å². The number of nitrogens with one attached hydrogen (secondary N) is 1. The maximum atomic E-state index is 11.1. The van der Waals surface area contributed by atoms with E-state index in [1.165, 1.54) is 12.8 Å². The average Bonchev–Trinajstić information content (AvgIpc) is 2.64. The summed E-state index contributed by atoms with van der Waals surface area (Å²) in [7, 11) is 0. The lowest BCUT2D eigenvalue weighted by Gasteiger charge is -2.26. The van der Waals surface area contributed by atoms with Gasteiger partial charge in [-0.15, -0.1) is 0 Å². The van der Waals surface area contributed by atoms with Crippen LogP contribution >= 0.6 is 0 Å². The Labute approximate surface area is 101 Å². The average molecular weight is 234 g/mol. The fraction of sp³-hybridized carbons (Fsp3) is 0.538. The number of anilines is 1. The molecular formula is C13H18N2O2. The number of nitrogens with zero attached hydrogens (tertiary/aromatic N) is 1. The van der Waals surface area contributed by atoms with Crippen LogP contribution in [0.2, 0.25) is 0 Å². The van der Waals surface area contributed by atoms with E-state index in [-0.39, 0.29) is 11.1 Å². The Kier molecular flexibility index (Phi) is 3.05. The van der Waals surface area contributed by atoms with Crippen molar-refractivity contribution in [3.8, 4) is 0 Å². The first-order valence-corrected chi connectivity index (χ1v) is 5.99. The monoisotopic (exact) mass is 234 g/mol. The van der Waals surface area contributed by atoms with Gasteiger partial charge >= 0.3 is 5.97 Å². The van der Waals surface area contributed by atoms with Crippen molar-refractivity contribution < 1.29 is 9.90 Å². The summed E-state index contributed by atoms with van der Waals surface area (Å²) >= 11 is 0. The van der Waals surface area contributed by atoms with E-state index in [1.54, 1.807) is 12.1 Å². The van der Waals surface area contributed by atoms with Crippen LogP contribution < -0.4 is 5.32 Å². The van der Waals surface area contributed by atoms with Crippen LogP contribution in [-0.2, 0) is 0 Å². The molecule has 0 radical (unpaired) electrons. The summed E-state index contributed by atoms with van der Waals surface area (Å²) in [6.45, 7) is 4.00. The molecular weight excluding hydrogens is 216 g/mol. The third-order valence-electron chi connectivity index (χ3n) is 3.39. The molecule has 1 aliphatic carbocycles. The van der Waals surface area contributed by atoms with Gasteiger partial charge in [-0.05, 0) is 38.8 Å². The number of aryl methyl sites for hydroxylation is 1. The van der Waals surface area contributed by atoms with Gasteiger partial charge in [-0.2, -0.15) is 0 Å². The SMILES string of the molecule is Cc1ccc(C(=O)O)c(NC2(C)CCCC2)n1. The number of aromatic carboxylic acids is 1. The highest BCUT2D eigenvalue weighted by molar-refractivity contribution is 5.93. The Hall–Kier alpha value is -1.58. The highest BCUT2D eigenvalue weighted by Gasteiger charge is 2.30. The number of hydrogen-bond donors (Lipinski definition) is 2. The standard InChI is InChI=1S/C13H18N2O2/c1-9-5-6-10(12(16)17)11(14-9)15-13(2)7-3-4-8-13/h5-6H,3-4,7-8H2,1-2H3,(H,14,15)(H,16,17). The van der Waals surface area contributed by atoms with Gasteiger partial charge in [0, 0.05) is 11.2 Å². The first-order valence-electron chi connectivity index (χ1n) is 5.99. The molecule has 92 valence electrons. The zero-order valence-electron chi connectivity index (χ0n) is 10.3. The van der Waals surface area contributed by atoms with E-state index in [9.17, 15) is 4.79 Å². The van der Waals surface area contributed by atoms with E-state index in [2.05, 4.69) is 17.2 Å². The molecule has 0 bridgehead atoms. The molecule has 0 aromatic carbocycles. The minimum atomic E-state index is -0.929. The second-order valence-corrected chi connectivity index (χ2v) is 5.05. The number of carboxylic acids is 1. The molecule has 0 amide bonds. The number of carbonyl (C=O) groups is 1. The van der Waals surface area contributed by atoms with E-state index < -0.39 is 5.97 Å². The van der Waals surface area contributed by atoms with E-state index in [0.717, 1.165) is 18.5 Å². The number of aromatic nitrogens is 1. The Morgan fingerprint density at radius 2 is 2.06 bits per heavy atom. The predicted molar refractivity (Wildman–Crippen MR) is 66.4 cm³/mol. The molecule has 2 N–H and O–H groups in total. The molecule has 4 nitrogen and oxygen atoms in total. The van der Waals surface area contributed by atoms with Crippen molar-refractivity contribution in [2.75, 3.05) is 5.32 Å². The zero-order chi connectivity index (χ0) is 12.5. The van der Waals surface area contributed by atoms with Gasteiger partial charge in [0.1, 0.15) is 11.4 Å². The molecule has 0 atom stereocenters. The molecule has 0 spiro atoms. The molecule has 0 saturated heterocycles.